The third kappa shape index (κ3) is 5.90. The molecule has 6 rings (SSSR count). The normalized spacial score (nSPS) is 45.0. The number of rotatable bonds is 9. The molecular weight excluding hydrogens is 624 g/mol. The van der Waals surface area contributed by atoms with E-state index in [0.29, 0.717) is 48.0 Å². The lowest BCUT2D eigenvalue weighted by Gasteiger charge is -2.72. The van der Waals surface area contributed by atoms with E-state index in [0.717, 1.165) is 64.2 Å². The minimum absolute atomic E-state index is 0.0492. The molecule has 0 aromatic rings. The van der Waals surface area contributed by atoms with E-state index in [4.69, 9.17) is 10.5 Å². The first-order chi connectivity index (χ1) is 23.2. The summed E-state index contributed by atoms with van der Waals surface area (Å²) in [6, 6.07) is 0.265. The van der Waals surface area contributed by atoms with Gasteiger partial charge in [-0.1, -0.05) is 60.6 Å². The van der Waals surface area contributed by atoms with Crippen LogP contribution in [0.1, 0.15) is 152 Å². The Morgan fingerprint density at radius 3 is 2.22 bits per heavy atom. The standard InChI is InChI=1S/C43H70N2O5/c1-26(2)29-14-19-43(37(49)45-28-11-10-27(22-28)25-44)21-20-41(8)30(36(29)43)12-13-32-40(7)17-16-33(39(5,6)31(40)15-18-42(32,41)9)50-35(48)24-38(3,4)23-34(46)47/h27-33,36H,1,10-25,44H2,2-9H3,(H,45,49)(H,46,47)/t27-,28+,29-,30+,31-,32+,33-,36+,40-,41+,42+,43-/m0/s1. The Morgan fingerprint density at radius 1 is 0.860 bits per heavy atom. The van der Waals surface area contributed by atoms with Crippen molar-refractivity contribution in [1.29, 1.82) is 0 Å². The van der Waals surface area contributed by atoms with Gasteiger partial charge in [0.2, 0.25) is 5.91 Å². The average Bonchev–Trinajstić information content (AvgIpc) is 3.63. The van der Waals surface area contributed by atoms with Gasteiger partial charge in [0.05, 0.1) is 18.3 Å². The van der Waals surface area contributed by atoms with Gasteiger partial charge < -0.3 is 20.9 Å². The minimum atomic E-state index is -0.884. The molecule has 0 bridgehead atoms. The van der Waals surface area contributed by atoms with Crippen molar-refractivity contribution in [2.24, 2.45) is 73.7 Å². The monoisotopic (exact) mass is 695 g/mol. The van der Waals surface area contributed by atoms with E-state index in [2.05, 4.69) is 53.4 Å². The zero-order chi connectivity index (χ0) is 36.7. The molecule has 282 valence electrons. The lowest BCUT2D eigenvalue weighted by Crippen LogP contribution is -2.67. The molecule has 7 heteroatoms. The Hall–Kier alpha value is -1.89. The smallest absolute Gasteiger partial charge is 0.306 e. The van der Waals surface area contributed by atoms with Crippen LogP contribution in [0.15, 0.2) is 12.2 Å². The van der Waals surface area contributed by atoms with Gasteiger partial charge in [0.25, 0.3) is 0 Å². The lowest BCUT2D eigenvalue weighted by atomic mass is 9.32. The highest BCUT2D eigenvalue weighted by Gasteiger charge is 2.72. The van der Waals surface area contributed by atoms with E-state index < -0.39 is 11.4 Å². The molecule has 0 aromatic heterocycles. The van der Waals surface area contributed by atoms with E-state index in [1.165, 1.54) is 24.8 Å². The van der Waals surface area contributed by atoms with Gasteiger partial charge in [0, 0.05) is 11.5 Å². The van der Waals surface area contributed by atoms with Gasteiger partial charge >= 0.3 is 11.9 Å². The number of allylic oxidation sites excluding steroid dienone is 1. The summed E-state index contributed by atoms with van der Waals surface area (Å²) in [6.45, 7) is 23.6. The summed E-state index contributed by atoms with van der Waals surface area (Å²) in [5, 5.41) is 13.0. The largest absolute Gasteiger partial charge is 0.481 e. The van der Waals surface area contributed by atoms with Crippen molar-refractivity contribution in [3.05, 3.63) is 12.2 Å². The predicted octanol–water partition coefficient (Wildman–Crippen LogP) is 8.69. The van der Waals surface area contributed by atoms with Crippen molar-refractivity contribution < 1.29 is 24.2 Å². The van der Waals surface area contributed by atoms with Gasteiger partial charge in [-0.2, -0.15) is 0 Å². The first-order valence-corrected chi connectivity index (χ1v) is 20.3. The Labute approximate surface area is 303 Å². The first kappa shape index (κ1) is 37.9. The maximum absolute atomic E-state index is 14.6. The Balaban J connectivity index is 1.23. The second-order valence-electron chi connectivity index (χ2n) is 20.7. The maximum atomic E-state index is 14.6. The number of carbonyl (C=O) groups excluding carboxylic acids is 2. The van der Waals surface area contributed by atoms with Gasteiger partial charge in [0.15, 0.2) is 0 Å². The number of amides is 1. The Bertz CT molecular complexity index is 1370. The summed E-state index contributed by atoms with van der Waals surface area (Å²) in [5.41, 5.74) is 6.66. The van der Waals surface area contributed by atoms with Crippen LogP contribution in [0.5, 0.6) is 0 Å². The zero-order valence-electron chi connectivity index (χ0n) is 32.8. The lowest BCUT2D eigenvalue weighted by molar-refractivity contribution is -0.249. The quantitative estimate of drug-likeness (QED) is 0.164. The number of aliphatic carboxylic acids is 1. The van der Waals surface area contributed by atoms with Crippen LogP contribution < -0.4 is 11.1 Å². The molecule has 0 aliphatic heterocycles. The van der Waals surface area contributed by atoms with Gasteiger partial charge in [0.1, 0.15) is 6.10 Å². The molecule has 50 heavy (non-hydrogen) atoms. The zero-order valence-corrected chi connectivity index (χ0v) is 32.8. The summed E-state index contributed by atoms with van der Waals surface area (Å²) >= 11 is 0. The number of carboxylic acid groups (broad SMARTS) is 1. The molecule has 6 aliphatic carbocycles. The van der Waals surface area contributed by atoms with Crippen LogP contribution in [0, 0.1) is 68.0 Å². The summed E-state index contributed by atoms with van der Waals surface area (Å²) in [7, 11) is 0. The highest BCUT2D eigenvalue weighted by molar-refractivity contribution is 5.84. The second-order valence-corrected chi connectivity index (χ2v) is 20.7. The maximum Gasteiger partial charge on any atom is 0.306 e. The van der Waals surface area contributed by atoms with Crippen molar-refractivity contribution >= 4 is 17.8 Å². The molecule has 6 saturated carbocycles. The minimum Gasteiger partial charge on any atom is -0.481 e. The van der Waals surface area contributed by atoms with E-state index in [1.54, 1.807) is 0 Å². The molecule has 12 atom stereocenters. The third-order valence-corrected chi connectivity index (χ3v) is 17.2. The first-order valence-electron chi connectivity index (χ1n) is 20.3. The fourth-order valence-electron chi connectivity index (χ4n) is 14.5. The van der Waals surface area contributed by atoms with Crippen LogP contribution in [0.4, 0.5) is 0 Å². The number of nitrogens with one attached hydrogen (secondary N) is 1. The van der Waals surface area contributed by atoms with Gasteiger partial charge in [-0.05, 0) is 154 Å². The van der Waals surface area contributed by atoms with Crippen molar-refractivity contribution in [1.82, 2.24) is 5.32 Å². The van der Waals surface area contributed by atoms with E-state index in [1.807, 2.05) is 13.8 Å². The van der Waals surface area contributed by atoms with Crippen LogP contribution in [0.2, 0.25) is 0 Å². The van der Waals surface area contributed by atoms with Crippen molar-refractivity contribution in [3.8, 4) is 0 Å². The van der Waals surface area contributed by atoms with Crippen LogP contribution in [0.25, 0.3) is 0 Å². The predicted molar refractivity (Wildman–Crippen MR) is 198 cm³/mol. The van der Waals surface area contributed by atoms with Crippen molar-refractivity contribution in [3.63, 3.8) is 0 Å². The van der Waals surface area contributed by atoms with Crippen LogP contribution in [-0.2, 0) is 19.1 Å². The molecule has 6 fully saturated rings. The van der Waals surface area contributed by atoms with Crippen LogP contribution in [-0.4, -0.2) is 41.6 Å². The molecule has 0 radical (unpaired) electrons. The molecule has 7 nitrogen and oxygen atoms in total. The number of ether oxygens (including phenoxy) is 1. The number of esters is 1. The topological polar surface area (TPSA) is 119 Å². The fraction of sp³-hybridized carbons (Fsp3) is 0.884. The number of fused-ring (bicyclic) bond motifs is 7. The Morgan fingerprint density at radius 2 is 1.58 bits per heavy atom. The molecule has 4 N–H and O–H groups in total. The van der Waals surface area contributed by atoms with Crippen molar-refractivity contribution in [2.75, 3.05) is 6.54 Å². The SMILES string of the molecule is C=C(C)[C@@H]1CC[C@]2(C(=O)N[C@@H]3CC[C@H](CN)C3)CC[C@]3(C)[C@H](CC[C@@H]4[C@@]5(C)CC[C@H](OC(=O)CC(C)(C)CC(=O)O)C(C)(C)[C@@H]5CC[C@]43C)[C@@H]12. The molecular formula is C43H70N2O5. The highest BCUT2D eigenvalue weighted by Crippen LogP contribution is 2.77. The number of hydrogen-bond acceptors (Lipinski definition) is 5. The summed E-state index contributed by atoms with van der Waals surface area (Å²) in [4.78, 5) is 39.2. The van der Waals surface area contributed by atoms with Crippen LogP contribution >= 0.6 is 0 Å². The van der Waals surface area contributed by atoms with Gasteiger partial charge in [-0.3, -0.25) is 14.4 Å². The van der Waals surface area contributed by atoms with Gasteiger partial charge in [-0.15, -0.1) is 0 Å². The number of hydrogen-bond donors (Lipinski definition) is 3. The fourth-order valence-corrected chi connectivity index (χ4v) is 14.5. The third-order valence-electron chi connectivity index (χ3n) is 17.2. The number of carbonyl (C=O) groups is 3. The number of carboxylic acids is 1. The molecule has 0 unspecified atom stereocenters. The molecule has 1 amide bonds. The summed E-state index contributed by atoms with van der Waals surface area (Å²) in [5.74, 6) is 2.00. The molecule has 0 saturated heterocycles. The van der Waals surface area contributed by atoms with Crippen molar-refractivity contribution in [2.45, 2.75) is 164 Å². The van der Waals surface area contributed by atoms with E-state index in [9.17, 15) is 19.5 Å². The average molecular weight is 695 g/mol. The summed E-state index contributed by atoms with van der Waals surface area (Å²) in [6.07, 6.45) is 13.9. The Kier molecular flexibility index (Phi) is 9.77. The molecule has 0 spiro atoms. The molecule has 6 aliphatic rings. The summed E-state index contributed by atoms with van der Waals surface area (Å²) < 4.78 is 6.28. The van der Waals surface area contributed by atoms with Gasteiger partial charge in [-0.25, -0.2) is 0 Å². The number of nitrogens with two attached hydrogens (primary N) is 1. The van der Waals surface area contributed by atoms with E-state index in [-0.39, 0.29) is 58.0 Å². The molecule has 0 aromatic carbocycles. The highest BCUT2D eigenvalue weighted by atomic mass is 16.5. The van der Waals surface area contributed by atoms with Crippen LogP contribution in [0.3, 0.4) is 0 Å². The van der Waals surface area contributed by atoms with E-state index >= 15 is 0 Å². The molecule has 0 heterocycles. The second kappa shape index (κ2) is 12.9.